The zero-order valence-corrected chi connectivity index (χ0v) is 11.9. The normalized spacial score (nSPS) is 32.8. The Balaban J connectivity index is 0.00000120. The molecule has 0 spiro atoms. The molecule has 2 aliphatic heterocycles. The van der Waals surface area contributed by atoms with Crippen LogP contribution < -0.4 is 5.32 Å². The Hall–Kier alpha value is -0.280. The maximum absolute atomic E-state index is 12.5. The summed E-state index contributed by atoms with van der Waals surface area (Å²) in [6, 6.07) is 0.712. The number of hydrogen-bond donors (Lipinski definition) is 1. The smallest absolute Gasteiger partial charge is 0.239 e. The second kappa shape index (κ2) is 6.25. The fourth-order valence-electron chi connectivity index (χ4n) is 3.99. The number of hydrogen-bond acceptors (Lipinski definition) is 2. The van der Waals surface area contributed by atoms with Crippen LogP contribution in [0.1, 0.15) is 51.4 Å². The Morgan fingerprint density at radius 3 is 2.44 bits per heavy atom. The zero-order chi connectivity index (χ0) is 11.7. The summed E-state index contributed by atoms with van der Waals surface area (Å²) in [7, 11) is 0. The Morgan fingerprint density at radius 2 is 1.78 bits per heavy atom. The van der Waals surface area contributed by atoms with Crippen molar-refractivity contribution in [1.29, 1.82) is 0 Å². The van der Waals surface area contributed by atoms with Gasteiger partial charge in [0.2, 0.25) is 5.91 Å². The first-order chi connectivity index (χ1) is 8.36. The molecule has 104 valence electrons. The van der Waals surface area contributed by atoms with Crippen molar-refractivity contribution in [3.8, 4) is 0 Å². The first kappa shape index (κ1) is 14.1. The molecular weight excluding hydrogens is 248 g/mol. The lowest BCUT2D eigenvalue weighted by Gasteiger charge is -2.31. The molecule has 2 heterocycles. The zero-order valence-electron chi connectivity index (χ0n) is 11.1. The Labute approximate surface area is 116 Å². The monoisotopic (exact) mass is 272 g/mol. The molecule has 1 amide bonds. The minimum absolute atomic E-state index is 0. The van der Waals surface area contributed by atoms with Gasteiger partial charge in [-0.1, -0.05) is 12.8 Å². The summed E-state index contributed by atoms with van der Waals surface area (Å²) in [6.07, 6.45) is 10.2. The van der Waals surface area contributed by atoms with Crippen LogP contribution >= 0.6 is 12.4 Å². The van der Waals surface area contributed by atoms with Crippen molar-refractivity contribution in [2.45, 2.75) is 63.5 Å². The first-order valence-corrected chi connectivity index (χ1v) is 7.40. The standard InChI is InChI=1S/C14H24N2O.ClH/c17-14(12-7-3-9-15-12)16-10-4-8-13(16)11-5-1-2-6-11;/h11-13,15H,1-10H2;1H. The van der Waals surface area contributed by atoms with E-state index in [1.807, 2.05) is 0 Å². The molecule has 3 fully saturated rings. The molecule has 3 rings (SSSR count). The molecule has 0 aromatic heterocycles. The van der Waals surface area contributed by atoms with Crippen molar-refractivity contribution in [3.63, 3.8) is 0 Å². The molecule has 3 aliphatic rings. The summed E-state index contributed by atoms with van der Waals surface area (Å²) in [6.45, 7) is 2.04. The maximum atomic E-state index is 12.5. The van der Waals surface area contributed by atoms with Crippen LogP contribution in [0.5, 0.6) is 0 Å². The van der Waals surface area contributed by atoms with Crippen molar-refractivity contribution in [3.05, 3.63) is 0 Å². The average molecular weight is 273 g/mol. The lowest BCUT2D eigenvalue weighted by Crippen LogP contribution is -2.47. The highest BCUT2D eigenvalue weighted by Gasteiger charge is 2.38. The van der Waals surface area contributed by atoms with Gasteiger partial charge in [-0.15, -0.1) is 12.4 Å². The number of likely N-dealkylation sites (tertiary alicyclic amines) is 1. The predicted molar refractivity (Wildman–Crippen MR) is 75.0 cm³/mol. The third-order valence-corrected chi connectivity index (χ3v) is 4.88. The van der Waals surface area contributed by atoms with Gasteiger partial charge in [-0.25, -0.2) is 0 Å². The third kappa shape index (κ3) is 2.67. The second-order valence-corrected chi connectivity index (χ2v) is 5.93. The van der Waals surface area contributed by atoms with E-state index in [1.54, 1.807) is 0 Å². The van der Waals surface area contributed by atoms with Gasteiger partial charge in [0.05, 0.1) is 6.04 Å². The van der Waals surface area contributed by atoms with Gasteiger partial charge in [0.1, 0.15) is 0 Å². The van der Waals surface area contributed by atoms with Crippen molar-refractivity contribution < 1.29 is 4.79 Å². The van der Waals surface area contributed by atoms with Crippen LogP contribution in [0.25, 0.3) is 0 Å². The first-order valence-electron chi connectivity index (χ1n) is 7.40. The van der Waals surface area contributed by atoms with Crippen molar-refractivity contribution >= 4 is 18.3 Å². The van der Waals surface area contributed by atoms with Gasteiger partial charge in [-0.05, 0) is 51.0 Å². The Kier molecular flexibility index (Phi) is 4.91. The van der Waals surface area contributed by atoms with Crippen LogP contribution in [0.15, 0.2) is 0 Å². The fourth-order valence-corrected chi connectivity index (χ4v) is 3.99. The van der Waals surface area contributed by atoms with E-state index in [2.05, 4.69) is 10.2 Å². The summed E-state index contributed by atoms with van der Waals surface area (Å²) in [5.41, 5.74) is 0. The van der Waals surface area contributed by atoms with Gasteiger partial charge in [-0.2, -0.15) is 0 Å². The summed E-state index contributed by atoms with van der Waals surface area (Å²) >= 11 is 0. The molecule has 0 aromatic carbocycles. The van der Waals surface area contributed by atoms with Crippen LogP contribution in [0.3, 0.4) is 0 Å². The van der Waals surface area contributed by atoms with Crippen molar-refractivity contribution in [2.24, 2.45) is 5.92 Å². The molecule has 2 unspecified atom stereocenters. The van der Waals surface area contributed by atoms with Gasteiger partial charge < -0.3 is 10.2 Å². The minimum atomic E-state index is 0. The molecule has 18 heavy (non-hydrogen) atoms. The lowest BCUT2D eigenvalue weighted by molar-refractivity contribution is -0.134. The van der Waals surface area contributed by atoms with E-state index < -0.39 is 0 Å². The van der Waals surface area contributed by atoms with E-state index in [4.69, 9.17) is 0 Å². The number of carbonyl (C=O) groups excluding carboxylic acids is 1. The van der Waals surface area contributed by atoms with E-state index in [0.29, 0.717) is 11.9 Å². The SMILES string of the molecule is Cl.O=C(C1CCCN1)N1CCCC1C1CCCC1. The van der Waals surface area contributed by atoms with Gasteiger partial charge in [0.25, 0.3) is 0 Å². The van der Waals surface area contributed by atoms with Crippen LogP contribution in [-0.4, -0.2) is 36.0 Å². The Morgan fingerprint density at radius 1 is 1.00 bits per heavy atom. The molecule has 0 aromatic rings. The second-order valence-electron chi connectivity index (χ2n) is 5.93. The van der Waals surface area contributed by atoms with Crippen LogP contribution in [-0.2, 0) is 4.79 Å². The summed E-state index contributed by atoms with van der Waals surface area (Å²) in [4.78, 5) is 14.7. The van der Waals surface area contributed by atoms with Crippen LogP contribution in [0.4, 0.5) is 0 Å². The molecule has 3 nitrogen and oxygen atoms in total. The van der Waals surface area contributed by atoms with E-state index in [-0.39, 0.29) is 18.4 Å². The fraction of sp³-hybridized carbons (Fsp3) is 0.929. The topological polar surface area (TPSA) is 32.3 Å². The molecule has 1 aliphatic carbocycles. The number of nitrogens with one attached hydrogen (secondary N) is 1. The summed E-state index contributed by atoms with van der Waals surface area (Å²) in [5, 5.41) is 3.35. The number of rotatable bonds is 2. The number of nitrogens with zero attached hydrogens (tertiary/aromatic N) is 1. The maximum Gasteiger partial charge on any atom is 0.239 e. The number of amides is 1. The highest BCUT2D eigenvalue weighted by molar-refractivity contribution is 5.85. The van der Waals surface area contributed by atoms with E-state index in [0.717, 1.165) is 25.4 Å². The van der Waals surface area contributed by atoms with Gasteiger partial charge in [0.15, 0.2) is 0 Å². The van der Waals surface area contributed by atoms with Gasteiger partial charge >= 0.3 is 0 Å². The van der Waals surface area contributed by atoms with E-state index in [9.17, 15) is 4.79 Å². The summed E-state index contributed by atoms with van der Waals surface area (Å²) < 4.78 is 0. The van der Waals surface area contributed by atoms with E-state index in [1.165, 1.54) is 44.9 Å². The molecule has 1 N–H and O–H groups in total. The van der Waals surface area contributed by atoms with E-state index >= 15 is 0 Å². The molecule has 2 atom stereocenters. The van der Waals surface area contributed by atoms with Crippen LogP contribution in [0.2, 0.25) is 0 Å². The van der Waals surface area contributed by atoms with Gasteiger partial charge in [0, 0.05) is 12.6 Å². The largest absolute Gasteiger partial charge is 0.338 e. The molecular formula is C14H25ClN2O. The van der Waals surface area contributed by atoms with Gasteiger partial charge in [-0.3, -0.25) is 4.79 Å². The number of halogens is 1. The molecule has 0 radical (unpaired) electrons. The van der Waals surface area contributed by atoms with Crippen LogP contribution in [0, 0.1) is 5.92 Å². The summed E-state index contributed by atoms with van der Waals surface area (Å²) in [5.74, 6) is 1.21. The average Bonchev–Trinajstić information content (AvgIpc) is 3.09. The Bertz CT molecular complexity index is 286. The number of carbonyl (C=O) groups is 1. The minimum Gasteiger partial charge on any atom is -0.338 e. The molecule has 2 saturated heterocycles. The predicted octanol–water partition coefficient (Wildman–Crippen LogP) is 2.34. The molecule has 1 saturated carbocycles. The molecule has 0 bridgehead atoms. The van der Waals surface area contributed by atoms with Crippen molar-refractivity contribution in [1.82, 2.24) is 10.2 Å². The molecule has 4 heteroatoms. The quantitative estimate of drug-likeness (QED) is 0.837. The lowest BCUT2D eigenvalue weighted by atomic mass is 9.95. The highest BCUT2D eigenvalue weighted by atomic mass is 35.5. The highest BCUT2D eigenvalue weighted by Crippen LogP contribution is 2.35. The third-order valence-electron chi connectivity index (χ3n) is 4.88. The van der Waals surface area contributed by atoms with Crippen molar-refractivity contribution in [2.75, 3.05) is 13.1 Å².